The Balaban J connectivity index is 2.68. The van der Waals surface area contributed by atoms with Crippen LogP contribution in [0.3, 0.4) is 0 Å². The van der Waals surface area contributed by atoms with Gasteiger partial charge in [0.1, 0.15) is 0 Å². The lowest BCUT2D eigenvalue weighted by molar-refractivity contribution is -0.143. The van der Waals surface area contributed by atoms with E-state index in [2.05, 4.69) is 9.98 Å². The Kier molecular flexibility index (Phi) is 5.52. The van der Waals surface area contributed by atoms with Gasteiger partial charge in [-0.1, -0.05) is 6.07 Å². The molecule has 18 heavy (non-hydrogen) atoms. The number of esters is 1. The van der Waals surface area contributed by atoms with Gasteiger partial charge < -0.3 is 4.74 Å². The van der Waals surface area contributed by atoms with E-state index in [9.17, 15) is 4.79 Å². The Morgan fingerprint density at radius 1 is 1.67 bits per heavy atom. The fourth-order valence-corrected chi connectivity index (χ4v) is 1.29. The van der Waals surface area contributed by atoms with Crippen LogP contribution in [-0.2, 0) is 9.53 Å². The van der Waals surface area contributed by atoms with E-state index in [4.69, 9.17) is 10.00 Å². The summed E-state index contributed by atoms with van der Waals surface area (Å²) in [6.07, 6.45) is 2.99. The number of nitriles is 1. The van der Waals surface area contributed by atoms with E-state index in [0.717, 1.165) is 5.69 Å². The molecule has 0 aromatic carbocycles. The first kappa shape index (κ1) is 13.8. The van der Waals surface area contributed by atoms with Crippen LogP contribution in [0.1, 0.15) is 25.6 Å². The van der Waals surface area contributed by atoms with E-state index in [1.54, 1.807) is 13.1 Å². The number of aromatic nitrogens is 1. The van der Waals surface area contributed by atoms with Gasteiger partial charge in [-0.15, -0.1) is 0 Å². The molecule has 0 saturated carbocycles. The number of rotatable bonds is 5. The average molecular weight is 245 g/mol. The lowest BCUT2D eigenvalue weighted by atomic mass is 10.2. The molecule has 0 spiro atoms. The highest BCUT2D eigenvalue weighted by Crippen LogP contribution is 2.13. The van der Waals surface area contributed by atoms with Crippen LogP contribution in [0.5, 0.6) is 0 Å². The van der Waals surface area contributed by atoms with Crippen LogP contribution in [0.25, 0.3) is 0 Å². The van der Waals surface area contributed by atoms with Gasteiger partial charge in [-0.2, -0.15) is 5.26 Å². The van der Waals surface area contributed by atoms with Crippen LogP contribution in [0, 0.1) is 17.2 Å². The highest BCUT2D eigenvalue weighted by Gasteiger charge is 2.17. The zero-order valence-electron chi connectivity index (χ0n) is 10.4. The molecule has 0 amide bonds. The molecule has 0 unspecified atom stereocenters. The van der Waals surface area contributed by atoms with Crippen LogP contribution >= 0.6 is 0 Å². The maximum Gasteiger partial charge on any atom is 0.328 e. The van der Waals surface area contributed by atoms with E-state index in [0.29, 0.717) is 0 Å². The van der Waals surface area contributed by atoms with Crippen LogP contribution in [0.4, 0.5) is 0 Å². The first-order valence-corrected chi connectivity index (χ1v) is 5.69. The Bertz CT molecular complexity index is 451. The summed E-state index contributed by atoms with van der Waals surface area (Å²) in [6.45, 7) is 3.79. The highest BCUT2D eigenvalue weighted by molar-refractivity contribution is 5.92. The lowest BCUT2D eigenvalue weighted by Crippen LogP contribution is -2.17. The molecule has 1 aromatic rings. The number of aliphatic imine (C=N–C) groups is 1. The molecule has 1 aromatic heterocycles. The molecule has 0 aliphatic rings. The minimum absolute atomic E-state index is 0.198. The Labute approximate surface area is 106 Å². The SMILES string of the molecule is CCOC(=O)[C@H](C#N)C=N[C@@H](C)c1ccccn1. The van der Waals surface area contributed by atoms with Crippen molar-refractivity contribution in [2.75, 3.05) is 6.61 Å². The highest BCUT2D eigenvalue weighted by atomic mass is 16.5. The Morgan fingerprint density at radius 3 is 3.00 bits per heavy atom. The summed E-state index contributed by atoms with van der Waals surface area (Å²) in [5.41, 5.74) is 0.786. The summed E-state index contributed by atoms with van der Waals surface area (Å²) in [7, 11) is 0. The van der Waals surface area contributed by atoms with Crippen LogP contribution in [0.2, 0.25) is 0 Å². The quantitative estimate of drug-likeness (QED) is 0.586. The molecular formula is C13H15N3O2. The number of pyridine rings is 1. The van der Waals surface area contributed by atoms with E-state index in [1.165, 1.54) is 6.21 Å². The second-order valence-electron chi connectivity index (χ2n) is 3.59. The minimum Gasteiger partial charge on any atom is -0.465 e. The minimum atomic E-state index is -0.962. The number of hydrogen-bond donors (Lipinski definition) is 0. The molecule has 0 radical (unpaired) electrons. The van der Waals surface area contributed by atoms with Gasteiger partial charge in [0, 0.05) is 12.4 Å². The van der Waals surface area contributed by atoms with E-state index in [-0.39, 0.29) is 12.6 Å². The smallest absolute Gasteiger partial charge is 0.328 e. The monoisotopic (exact) mass is 245 g/mol. The third kappa shape index (κ3) is 3.98. The number of hydrogen-bond acceptors (Lipinski definition) is 5. The fourth-order valence-electron chi connectivity index (χ4n) is 1.29. The summed E-state index contributed by atoms with van der Waals surface area (Å²) in [5, 5.41) is 8.85. The second-order valence-corrected chi connectivity index (χ2v) is 3.59. The van der Waals surface area contributed by atoms with Gasteiger partial charge in [0.15, 0.2) is 5.92 Å². The average Bonchev–Trinajstić information content (AvgIpc) is 2.40. The summed E-state index contributed by atoms with van der Waals surface area (Å²) < 4.78 is 4.76. The zero-order chi connectivity index (χ0) is 13.4. The van der Waals surface area contributed by atoms with Gasteiger partial charge in [0.2, 0.25) is 0 Å². The molecule has 1 rings (SSSR count). The van der Waals surface area contributed by atoms with Crippen LogP contribution in [-0.4, -0.2) is 23.8 Å². The van der Waals surface area contributed by atoms with Gasteiger partial charge >= 0.3 is 5.97 Å². The normalized spacial score (nSPS) is 13.8. The molecule has 0 aliphatic heterocycles. The van der Waals surface area contributed by atoms with Crippen molar-refractivity contribution in [3.63, 3.8) is 0 Å². The Hall–Kier alpha value is -2.22. The number of carbonyl (C=O) groups is 1. The van der Waals surface area contributed by atoms with Crippen molar-refractivity contribution in [1.82, 2.24) is 4.98 Å². The summed E-state index contributed by atoms with van der Waals surface area (Å²) in [4.78, 5) is 19.7. The van der Waals surface area contributed by atoms with Crippen molar-refractivity contribution >= 4 is 12.2 Å². The van der Waals surface area contributed by atoms with Crippen molar-refractivity contribution in [2.24, 2.45) is 10.9 Å². The van der Waals surface area contributed by atoms with Crippen LogP contribution in [0.15, 0.2) is 29.4 Å². The standard InChI is InChI=1S/C13H15N3O2/c1-3-18-13(17)11(8-14)9-16-10(2)12-6-4-5-7-15-12/h4-7,9-11H,3H2,1-2H3/t10-,11+/m0/s1. The summed E-state index contributed by atoms with van der Waals surface area (Å²) in [5.74, 6) is -1.53. The summed E-state index contributed by atoms with van der Waals surface area (Å²) in [6, 6.07) is 7.17. The van der Waals surface area contributed by atoms with E-state index >= 15 is 0 Å². The number of nitrogens with zero attached hydrogens (tertiary/aromatic N) is 3. The van der Waals surface area contributed by atoms with Crippen molar-refractivity contribution in [1.29, 1.82) is 5.26 Å². The van der Waals surface area contributed by atoms with Crippen molar-refractivity contribution in [2.45, 2.75) is 19.9 Å². The molecule has 0 saturated heterocycles. The maximum absolute atomic E-state index is 11.4. The lowest BCUT2D eigenvalue weighted by Gasteiger charge is -2.06. The number of carbonyl (C=O) groups excluding carboxylic acids is 1. The van der Waals surface area contributed by atoms with Gasteiger partial charge in [-0.25, -0.2) is 0 Å². The third-order valence-corrected chi connectivity index (χ3v) is 2.25. The maximum atomic E-state index is 11.4. The molecule has 0 fully saturated rings. The topological polar surface area (TPSA) is 75.3 Å². The van der Waals surface area contributed by atoms with E-state index in [1.807, 2.05) is 31.2 Å². The first-order chi connectivity index (χ1) is 8.69. The summed E-state index contributed by atoms with van der Waals surface area (Å²) >= 11 is 0. The predicted molar refractivity (Wildman–Crippen MR) is 66.9 cm³/mol. The first-order valence-electron chi connectivity index (χ1n) is 5.69. The van der Waals surface area contributed by atoms with Crippen molar-refractivity contribution < 1.29 is 9.53 Å². The van der Waals surface area contributed by atoms with Gasteiger partial charge in [0.25, 0.3) is 0 Å². The predicted octanol–water partition coefficient (Wildman–Crippen LogP) is 1.92. The molecule has 1 heterocycles. The molecule has 5 nitrogen and oxygen atoms in total. The molecule has 0 N–H and O–H groups in total. The van der Waals surface area contributed by atoms with Crippen molar-refractivity contribution in [3.05, 3.63) is 30.1 Å². The second kappa shape index (κ2) is 7.17. The fraction of sp³-hybridized carbons (Fsp3) is 0.385. The van der Waals surface area contributed by atoms with Crippen molar-refractivity contribution in [3.8, 4) is 6.07 Å². The third-order valence-electron chi connectivity index (χ3n) is 2.25. The molecule has 94 valence electrons. The Morgan fingerprint density at radius 2 is 2.44 bits per heavy atom. The zero-order valence-corrected chi connectivity index (χ0v) is 10.4. The largest absolute Gasteiger partial charge is 0.465 e. The van der Waals surface area contributed by atoms with Crippen LogP contribution < -0.4 is 0 Å². The van der Waals surface area contributed by atoms with Gasteiger partial charge in [-0.3, -0.25) is 14.8 Å². The van der Waals surface area contributed by atoms with Gasteiger partial charge in [-0.05, 0) is 26.0 Å². The molecule has 0 aliphatic carbocycles. The molecular weight excluding hydrogens is 230 g/mol. The molecule has 5 heteroatoms. The number of ether oxygens (including phenoxy) is 1. The van der Waals surface area contributed by atoms with Gasteiger partial charge in [0.05, 0.1) is 24.4 Å². The molecule has 0 bridgehead atoms. The van der Waals surface area contributed by atoms with E-state index < -0.39 is 11.9 Å². The molecule has 2 atom stereocenters.